The number of hydrogen-bond donors (Lipinski definition) is 0. The molecule has 458 valence electrons. The van der Waals surface area contributed by atoms with E-state index in [1.54, 1.807) is 38.4 Å². The topological polar surface area (TPSA) is 213 Å². The minimum atomic E-state index is -3.08. The van der Waals surface area contributed by atoms with Gasteiger partial charge >= 0.3 is 37.2 Å². The summed E-state index contributed by atoms with van der Waals surface area (Å²) in [6.45, 7) is 40.0. The summed E-state index contributed by atoms with van der Waals surface area (Å²) in [7, 11) is -7.71. The Hall–Kier alpha value is -2.95. The summed E-state index contributed by atoms with van der Waals surface area (Å²) in [6.07, 6.45) is 12.4. The van der Waals surface area contributed by atoms with E-state index in [1.807, 2.05) is 27.8 Å². The van der Waals surface area contributed by atoms with Gasteiger partial charge in [-0.25, -0.2) is 16.6 Å². The molecule has 19 nitrogen and oxygen atoms in total. The molecule has 83 heavy (non-hydrogen) atoms. The summed E-state index contributed by atoms with van der Waals surface area (Å²) in [5, 5.41) is 26.4. The zero-order valence-corrected chi connectivity index (χ0v) is 60.2. The van der Waals surface area contributed by atoms with Gasteiger partial charge in [0.2, 0.25) is 0 Å². The zero-order chi connectivity index (χ0) is 60.4. The van der Waals surface area contributed by atoms with E-state index in [9.17, 15) is 9.36 Å². The fraction of sp³-hybridized carbons (Fsp3) is 0.690. The van der Waals surface area contributed by atoms with Crippen LogP contribution in [0.4, 0.5) is 11.6 Å². The first-order valence-corrected chi connectivity index (χ1v) is 46.1. The molecule has 0 spiro atoms. The number of allylic oxidation sites excluding steroid dienone is 2. The van der Waals surface area contributed by atoms with Crippen molar-refractivity contribution in [2.75, 3.05) is 89.1 Å². The monoisotopic (exact) mass is 1250 g/mol. The van der Waals surface area contributed by atoms with Gasteiger partial charge in [0, 0.05) is 126 Å². The van der Waals surface area contributed by atoms with E-state index in [0.29, 0.717) is 64.7 Å². The molecule has 2 unspecified atom stereocenters. The minimum absolute atomic E-state index is 0. The first kappa shape index (κ1) is 74.3. The summed E-state index contributed by atoms with van der Waals surface area (Å²) < 4.78 is 54.0. The van der Waals surface area contributed by atoms with Gasteiger partial charge in [-0.15, -0.1) is 0 Å². The molecule has 5 heterocycles. The first-order chi connectivity index (χ1) is 38.8. The summed E-state index contributed by atoms with van der Waals surface area (Å²) in [4.78, 5) is 25.8. The Bertz CT molecular complexity index is 2650. The molecular formula is C58H100N10NaO9PSi4. The van der Waals surface area contributed by atoms with Crippen LogP contribution in [0.3, 0.4) is 0 Å². The number of ether oxygens (including phenoxy) is 5. The summed E-state index contributed by atoms with van der Waals surface area (Å²) in [5.74, 6) is 2.69. The van der Waals surface area contributed by atoms with Crippen LogP contribution in [0, 0.1) is 29.3 Å². The normalized spacial score (nSPS) is 17.0. The SMILES string of the molecule is CCOP(=O)(CC#N)OCC.C[Si](C)(C)CCOCN(COCC[Si](C)(C)C)c1cc(C2CC/C(=C/C#N)C2)nc2ccnn12.C[Si](C)(C)CCOCN(COCC[Si](C)(C)C)c1cc(C2CCC(=O)C2)nc2ccnn12.[CH-]1CCCO1.[Na+]. The van der Waals surface area contributed by atoms with E-state index in [2.05, 4.69) is 117 Å². The van der Waals surface area contributed by atoms with Crippen LogP contribution in [0.2, 0.25) is 103 Å². The maximum Gasteiger partial charge on any atom is 1.00 e. The van der Waals surface area contributed by atoms with Crippen molar-refractivity contribution in [2.45, 2.75) is 180 Å². The number of rotatable bonds is 29. The third-order valence-corrected chi connectivity index (χ3v) is 22.3. The Labute approximate surface area is 523 Å². The van der Waals surface area contributed by atoms with Crippen molar-refractivity contribution in [3.8, 4) is 12.1 Å². The summed E-state index contributed by atoms with van der Waals surface area (Å²) >= 11 is 0. The molecule has 25 heteroatoms. The van der Waals surface area contributed by atoms with Gasteiger partial charge in [-0.3, -0.25) is 9.36 Å². The molecule has 2 atom stereocenters. The molecule has 3 fully saturated rings. The number of nitrogens with zero attached hydrogens (tertiary/aromatic N) is 10. The Morgan fingerprint density at radius 1 is 0.687 bits per heavy atom. The van der Waals surface area contributed by atoms with Gasteiger partial charge in [0.1, 0.15) is 50.5 Å². The average Bonchev–Trinajstić information content (AvgIpc) is 4.32. The van der Waals surface area contributed by atoms with Crippen molar-refractivity contribution in [1.29, 1.82) is 10.5 Å². The standard InChI is InChI=1S/C25H41N5O2Si2.C23H40N4O3Si2.C6H12NO3P.C4H7O.Na/c1-33(2,3)15-13-31-19-29(20-32-14-16-34(4,5)6)25-18-23(28-24-10-12-27-30(24)25)22-8-7-21(17-22)9-11-26;1-31(2,3)13-11-29-17-26(18-30-12-14-32(4,5)6)23-16-21(19-7-8-20(28)15-19)25-22-9-10-24-27(22)23;1-3-9-11(8,6-5-7)10-4-2;1-2-4-5-3-1;/h9-10,12,18,22H,7-8,13-17,19-20H2,1-6H3;9-10,16,19H,7-8,11-15,17-18H2,1-6H3;3-4,6H2,1-2H3;3H,1-2,4H2;/q;;;-1;+1/b21-9-;;;;. The predicted octanol–water partition coefficient (Wildman–Crippen LogP) is 10.6. The number of anilines is 2. The molecule has 0 N–H and O–H groups in total. The van der Waals surface area contributed by atoms with Crippen molar-refractivity contribution in [2.24, 2.45) is 0 Å². The van der Waals surface area contributed by atoms with Gasteiger partial charge in [0.15, 0.2) is 11.3 Å². The summed E-state index contributed by atoms with van der Waals surface area (Å²) in [6, 6.07) is 16.5. The largest absolute Gasteiger partial charge is 1.00 e. The Balaban J connectivity index is 0.000000341. The van der Waals surface area contributed by atoms with Crippen LogP contribution in [0.5, 0.6) is 0 Å². The van der Waals surface area contributed by atoms with Crippen molar-refractivity contribution in [3.63, 3.8) is 0 Å². The third kappa shape index (κ3) is 29.1. The number of carbonyl (C=O) groups excluding carboxylic acids is 1. The molecule has 0 amide bonds. The molecule has 7 rings (SSSR count). The second kappa shape index (κ2) is 37.0. The van der Waals surface area contributed by atoms with Gasteiger partial charge in [-0.2, -0.15) is 36.2 Å². The second-order valence-electron chi connectivity index (χ2n) is 26.0. The van der Waals surface area contributed by atoms with Gasteiger partial charge in [0.05, 0.1) is 43.4 Å². The zero-order valence-electron chi connectivity index (χ0n) is 53.3. The Kier molecular flexibility index (Phi) is 33.1. The van der Waals surface area contributed by atoms with Gasteiger partial charge in [0.25, 0.3) is 0 Å². The molecular weight excluding hydrogens is 1150 g/mol. The number of fused-ring (bicyclic) bond motifs is 2. The van der Waals surface area contributed by atoms with Crippen LogP contribution in [-0.4, -0.2) is 147 Å². The van der Waals surface area contributed by atoms with Crippen molar-refractivity contribution in [1.82, 2.24) is 29.2 Å². The molecule has 4 aromatic heterocycles. The van der Waals surface area contributed by atoms with Crippen LogP contribution in [0.1, 0.15) is 88.4 Å². The molecule has 4 aromatic rings. The first-order valence-electron chi connectivity index (χ1n) is 29.5. The number of hydrogen-bond acceptors (Lipinski definition) is 17. The van der Waals surface area contributed by atoms with Crippen molar-refractivity contribution < 1.29 is 71.6 Å². The van der Waals surface area contributed by atoms with E-state index in [0.717, 1.165) is 124 Å². The maximum atomic E-state index is 11.9. The Morgan fingerprint density at radius 2 is 1.11 bits per heavy atom. The second-order valence-corrected chi connectivity index (χ2v) is 50.6. The van der Waals surface area contributed by atoms with E-state index >= 15 is 0 Å². The van der Waals surface area contributed by atoms with Gasteiger partial charge < -0.3 is 42.5 Å². The van der Waals surface area contributed by atoms with E-state index in [-0.39, 0.29) is 41.6 Å². The molecule has 0 bridgehead atoms. The van der Waals surface area contributed by atoms with Gasteiger partial charge in [-0.1, -0.05) is 90.6 Å². The maximum absolute atomic E-state index is 11.9. The Morgan fingerprint density at radius 3 is 1.43 bits per heavy atom. The average molecular weight is 1250 g/mol. The number of Topliss-reactive ketones (excluding diaryl/α,β-unsaturated/α-hetero) is 1. The molecule has 3 aliphatic rings. The molecule has 0 aromatic carbocycles. The van der Waals surface area contributed by atoms with Crippen LogP contribution < -0.4 is 39.4 Å². The van der Waals surface area contributed by atoms with Crippen LogP contribution in [-0.2, 0) is 42.1 Å². The molecule has 0 radical (unpaired) electrons. The molecule has 1 saturated heterocycles. The predicted molar refractivity (Wildman–Crippen MR) is 340 cm³/mol. The fourth-order valence-electron chi connectivity index (χ4n) is 8.70. The van der Waals surface area contributed by atoms with Crippen LogP contribution in [0.25, 0.3) is 11.3 Å². The molecule has 1 aliphatic heterocycles. The fourth-order valence-corrected chi connectivity index (χ4v) is 12.9. The van der Waals surface area contributed by atoms with Crippen molar-refractivity contribution >= 4 is 68.6 Å². The van der Waals surface area contributed by atoms with Gasteiger partial charge in [-0.05, 0) is 63.7 Å². The van der Waals surface area contributed by atoms with Crippen molar-refractivity contribution in [3.05, 3.63) is 66.3 Å². The summed E-state index contributed by atoms with van der Waals surface area (Å²) in [5.41, 5.74) is 4.86. The number of ketones is 1. The van der Waals surface area contributed by atoms with E-state index in [4.69, 9.17) is 53.2 Å². The van der Waals surface area contributed by atoms with E-state index in [1.165, 1.54) is 12.0 Å². The number of nitriles is 2. The molecule has 2 saturated carbocycles. The number of aromatic nitrogens is 6. The minimum Gasteiger partial charge on any atom is -0.552 e. The molecule has 2 aliphatic carbocycles. The van der Waals surface area contributed by atoms with E-state index < -0.39 is 39.9 Å². The third-order valence-electron chi connectivity index (χ3n) is 13.6. The van der Waals surface area contributed by atoms with Crippen LogP contribution >= 0.6 is 7.60 Å². The quantitative estimate of drug-likeness (QED) is 0.0123. The van der Waals surface area contributed by atoms with Crippen LogP contribution in [0.15, 0.2) is 48.3 Å². The smallest absolute Gasteiger partial charge is 0.552 e. The number of carbonyl (C=O) groups is 1.